The van der Waals surface area contributed by atoms with Gasteiger partial charge in [0.2, 0.25) is 0 Å². The second-order valence-electron chi connectivity index (χ2n) is 7.29. The van der Waals surface area contributed by atoms with Crippen molar-refractivity contribution in [3.8, 4) is 16.9 Å². The zero-order valence-corrected chi connectivity index (χ0v) is 18.2. The van der Waals surface area contributed by atoms with Gasteiger partial charge in [-0.15, -0.1) is 4.40 Å². The molecule has 2 N–H and O–H groups in total. The maximum Gasteiger partial charge on any atom is 0.285 e. The fourth-order valence-corrected chi connectivity index (χ4v) is 4.68. The van der Waals surface area contributed by atoms with Gasteiger partial charge in [-0.05, 0) is 53.9 Å². The zero-order chi connectivity index (χ0) is 21.7. The van der Waals surface area contributed by atoms with Crippen molar-refractivity contribution in [3.63, 3.8) is 0 Å². The minimum Gasteiger partial charge on any atom is -0.497 e. The van der Waals surface area contributed by atoms with Crippen LogP contribution in [0.5, 0.6) is 5.75 Å². The summed E-state index contributed by atoms with van der Waals surface area (Å²) in [5, 5.41) is 6.57. The third kappa shape index (κ3) is 4.95. The van der Waals surface area contributed by atoms with E-state index in [0.29, 0.717) is 17.9 Å². The van der Waals surface area contributed by atoms with Crippen molar-refractivity contribution in [2.24, 2.45) is 4.40 Å². The number of nitrogens with zero attached hydrogens (tertiary/aromatic N) is 1. The molecular formula is C24H25N3O3S. The topological polar surface area (TPSA) is 79.8 Å². The molecule has 0 aliphatic carbocycles. The van der Waals surface area contributed by atoms with Crippen molar-refractivity contribution in [1.82, 2.24) is 10.6 Å². The Morgan fingerprint density at radius 2 is 1.55 bits per heavy atom. The average Bonchev–Trinajstić information content (AvgIpc) is 3.07. The Hall–Kier alpha value is -3.16. The number of methoxy groups -OCH3 is 1. The van der Waals surface area contributed by atoms with Gasteiger partial charge in [-0.1, -0.05) is 48.5 Å². The Bertz CT molecular complexity index is 1170. The molecule has 1 aliphatic heterocycles. The van der Waals surface area contributed by atoms with E-state index in [9.17, 15) is 8.42 Å². The molecule has 0 radical (unpaired) electrons. The molecule has 31 heavy (non-hydrogen) atoms. The van der Waals surface area contributed by atoms with E-state index in [1.807, 2.05) is 18.2 Å². The minimum atomic E-state index is -3.56. The summed E-state index contributed by atoms with van der Waals surface area (Å²) in [6.45, 7) is 2.24. The monoisotopic (exact) mass is 435 g/mol. The van der Waals surface area contributed by atoms with Crippen LogP contribution >= 0.6 is 0 Å². The quantitative estimate of drug-likeness (QED) is 0.529. The van der Waals surface area contributed by atoms with Crippen LogP contribution in [0.1, 0.15) is 17.5 Å². The van der Waals surface area contributed by atoms with Gasteiger partial charge in [0.05, 0.1) is 7.11 Å². The Kier molecular flexibility index (Phi) is 6.34. The predicted octanol–water partition coefficient (Wildman–Crippen LogP) is 3.58. The molecule has 7 heteroatoms. The first-order chi connectivity index (χ1) is 15.1. The van der Waals surface area contributed by atoms with Crippen LogP contribution in [0.4, 0.5) is 0 Å². The van der Waals surface area contributed by atoms with Crippen LogP contribution in [0.15, 0.2) is 82.1 Å². The number of benzene rings is 3. The first kappa shape index (κ1) is 21.1. The van der Waals surface area contributed by atoms with Crippen molar-refractivity contribution in [2.45, 2.75) is 17.9 Å². The second kappa shape index (κ2) is 9.32. The van der Waals surface area contributed by atoms with Gasteiger partial charge in [-0.25, -0.2) is 0 Å². The Morgan fingerprint density at radius 1 is 0.871 bits per heavy atom. The van der Waals surface area contributed by atoms with E-state index in [2.05, 4.69) is 51.4 Å². The van der Waals surface area contributed by atoms with Crippen LogP contribution in [0.2, 0.25) is 0 Å². The maximum atomic E-state index is 12.1. The van der Waals surface area contributed by atoms with E-state index in [0.717, 1.165) is 30.8 Å². The molecule has 0 spiro atoms. The Labute approximate surface area is 183 Å². The highest BCUT2D eigenvalue weighted by Crippen LogP contribution is 2.25. The highest BCUT2D eigenvalue weighted by Gasteiger charge is 2.27. The number of nitrogens with one attached hydrogen (secondary N) is 2. The summed E-state index contributed by atoms with van der Waals surface area (Å²) in [5.74, 6) is 1.29. The highest BCUT2D eigenvalue weighted by molar-refractivity contribution is 7.90. The van der Waals surface area contributed by atoms with Crippen LogP contribution in [0.3, 0.4) is 0 Å². The highest BCUT2D eigenvalue weighted by atomic mass is 32.2. The van der Waals surface area contributed by atoms with E-state index in [1.165, 1.54) is 11.1 Å². The van der Waals surface area contributed by atoms with Crippen molar-refractivity contribution >= 4 is 15.9 Å². The van der Waals surface area contributed by atoms with Crippen LogP contribution in [-0.4, -0.2) is 34.5 Å². The molecule has 1 heterocycles. The molecule has 3 aromatic rings. The summed E-state index contributed by atoms with van der Waals surface area (Å²) in [5.41, 5.74) is 4.19. The summed E-state index contributed by atoms with van der Waals surface area (Å²) in [6.07, 6.45) is 0.852. The van der Waals surface area contributed by atoms with E-state index >= 15 is 0 Å². The van der Waals surface area contributed by atoms with Crippen molar-refractivity contribution < 1.29 is 13.2 Å². The standard InChI is InChI=1S/C24H25N3O3S/c1-30-21-13-11-20(12-14-21)19-9-7-18(8-10-19)17-25-15-4-16-26-24-22-5-2-3-6-23(22)31(28,29)27-24/h2-3,5-14,25H,4,15-17H2,1H3,(H,26,27). The Morgan fingerprint density at radius 3 is 2.26 bits per heavy atom. The summed E-state index contributed by atoms with van der Waals surface area (Å²) in [6, 6.07) is 23.4. The lowest BCUT2D eigenvalue weighted by Gasteiger charge is -2.09. The van der Waals surface area contributed by atoms with Gasteiger partial charge in [-0.2, -0.15) is 8.42 Å². The van der Waals surface area contributed by atoms with E-state index in [1.54, 1.807) is 25.3 Å². The van der Waals surface area contributed by atoms with E-state index < -0.39 is 10.0 Å². The van der Waals surface area contributed by atoms with Crippen molar-refractivity contribution in [3.05, 3.63) is 83.9 Å². The molecule has 0 saturated carbocycles. The number of sulfonamides is 1. The molecule has 0 aromatic heterocycles. The third-order valence-electron chi connectivity index (χ3n) is 5.16. The molecule has 0 saturated heterocycles. The zero-order valence-electron chi connectivity index (χ0n) is 17.3. The minimum absolute atomic E-state index is 0.272. The average molecular weight is 436 g/mol. The van der Waals surface area contributed by atoms with Gasteiger partial charge < -0.3 is 15.4 Å². The smallest absolute Gasteiger partial charge is 0.285 e. The number of hydrogen-bond acceptors (Lipinski definition) is 5. The Balaban J connectivity index is 1.21. The molecule has 1 aliphatic rings. The molecule has 0 amide bonds. The maximum absolute atomic E-state index is 12.1. The molecular weight excluding hydrogens is 410 g/mol. The van der Waals surface area contributed by atoms with E-state index in [4.69, 9.17) is 4.74 Å². The first-order valence-electron chi connectivity index (χ1n) is 10.2. The van der Waals surface area contributed by atoms with Gasteiger partial charge >= 0.3 is 0 Å². The summed E-state index contributed by atoms with van der Waals surface area (Å²) >= 11 is 0. The van der Waals surface area contributed by atoms with Crippen molar-refractivity contribution in [1.29, 1.82) is 0 Å². The van der Waals surface area contributed by atoms with Gasteiger partial charge in [0.1, 0.15) is 16.5 Å². The molecule has 0 atom stereocenters. The van der Waals surface area contributed by atoms with Gasteiger partial charge in [0.25, 0.3) is 10.0 Å². The van der Waals surface area contributed by atoms with Gasteiger partial charge in [0, 0.05) is 18.7 Å². The fourth-order valence-electron chi connectivity index (χ4n) is 3.48. The first-order valence-corrected chi connectivity index (χ1v) is 11.6. The summed E-state index contributed by atoms with van der Waals surface area (Å²) in [4.78, 5) is 0.272. The van der Waals surface area contributed by atoms with Crippen LogP contribution in [-0.2, 0) is 16.6 Å². The third-order valence-corrected chi connectivity index (χ3v) is 6.50. The van der Waals surface area contributed by atoms with Gasteiger partial charge in [-0.3, -0.25) is 0 Å². The normalized spacial score (nSPS) is 14.0. The number of amidine groups is 1. The number of hydrogen-bond donors (Lipinski definition) is 2. The molecule has 0 fully saturated rings. The van der Waals surface area contributed by atoms with Gasteiger partial charge in [0.15, 0.2) is 0 Å². The van der Waals surface area contributed by atoms with Crippen LogP contribution < -0.4 is 15.4 Å². The SMILES string of the molecule is COc1ccc(-c2ccc(CNCCCNC3=NS(=O)(=O)c4ccccc43)cc2)cc1. The molecule has 0 unspecified atom stereocenters. The lowest BCUT2D eigenvalue weighted by Crippen LogP contribution is -2.27. The fraction of sp³-hybridized carbons (Fsp3) is 0.208. The largest absolute Gasteiger partial charge is 0.497 e. The summed E-state index contributed by atoms with van der Waals surface area (Å²) < 4.78 is 33.2. The molecule has 3 aromatic carbocycles. The van der Waals surface area contributed by atoms with Crippen LogP contribution in [0.25, 0.3) is 11.1 Å². The van der Waals surface area contributed by atoms with E-state index in [-0.39, 0.29) is 4.90 Å². The molecule has 4 rings (SSSR count). The van der Waals surface area contributed by atoms with Crippen molar-refractivity contribution in [2.75, 3.05) is 20.2 Å². The summed E-state index contributed by atoms with van der Waals surface area (Å²) in [7, 11) is -1.90. The lowest BCUT2D eigenvalue weighted by molar-refractivity contribution is 0.415. The predicted molar refractivity (Wildman–Crippen MR) is 123 cm³/mol. The number of ether oxygens (including phenoxy) is 1. The lowest BCUT2D eigenvalue weighted by atomic mass is 10.0. The number of rotatable bonds is 8. The van der Waals surface area contributed by atoms with Crippen LogP contribution in [0, 0.1) is 0 Å². The molecule has 0 bridgehead atoms. The second-order valence-corrected chi connectivity index (χ2v) is 8.87. The molecule has 160 valence electrons. The molecule has 6 nitrogen and oxygen atoms in total. The number of fused-ring (bicyclic) bond motifs is 1.